The van der Waals surface area contributed by atoms with E-state index < -0.39 is 6.10 Å². The summed E-state index contributed by atoms with van der Waals surface area (Å²) in [6.45, 7) is 3.38. The van der Waals surface area contributed by atoms with E-state index in [-0.39, 0.29) is 0 Å². The first-order valence-corrected chi connectivity index (χ1v) is 6.67. The van der Waals surface area contributed by atoms with Crippen LogP contribution < -0.4 is 4.74 Å². The van der Waals surface area contributed by atoms with Crippen LogP contribution in [0.4, 0.5) is 0 Å². The molecule has 0 amide bonds. The molecule has 4 heteroatoms. The second kappa shape index (κ2) is 5.05. The molecule has 1 aromatic carbocycles. The number of aliphatic hydroxyl groups is 1. The molecule has 0 saturated carbocycles. The Morgan fingerprint density at radius 1 is 1.47 bits per heavy atom. The van der Waals surface area contributed by atoms with Gasteiger partial charge in [-0.2, -0.15) is 5.10 Å². The predicted molar refractivity (Wildman–Crippen MR) is 72.2 cm³/mol. The van der Waals surface area contributed by atoms with Crippen molar-refractivity contribution in [2.24, 2.45) is 0 Å². The summed E-state index contributed by atoms with van der Waals surface area (Å²) in [5.41, 5.74) is 3.48. The molecule has 2 aromatic rings. The predicted octanol–water partition coefficient (Wildman–Crippen LogP) is 2.11. The van der Waals surface area contributed by atoms with Crippen LogP contribution in [0.3, 0.4) is 0 Å². The molecule has 0 spiro atoms. The Balaban J connectivity index is 1.65. The number of ether oxygens (including phenoxy) is 1. The number of aryl methyl sites for hydroxylation is 2. The van der Waals surface area contributed by atoms with Crippen LogP contribution in [0.2, 0.25) is 0 Å². The molecule has 0 bridgehead atoms. The molecule has 1 aliphatic heterocycles. The Bertz CT molecular complexity index is 575. The standard InChI is InChI=1S/C15H18N2O2/c1-11(18)14-9-16-17(10-14)6-4-12-2-3-15-13(8-12)5-7-19-15/h2-3,8-11,18H,4-7H2,1H3. The highest BCUT2D eigenvalue weighted by molar-refractivity contribution is 5.39. The van der Waals surface area contributed by atoms with Gasteiger partial charge in [0.05, 0.1) is 18.9 Å². The van der Waals surface area contributed by atoms with Gasteiger partial charge in [0.15, 0.2) is 0 Å². The summed E-state index contributed by atoms with van der Waals surface area (Å²) in [4.78, 5) is 0. The molecule has 0 fully saturated rings. The van der Waals surface area contributed by atoms with Crippen LogP contribution in [0.25, 0.3) is 0 Å². The van der Waals surface area contributed by atoms with Crippen LogP contribution in [-0.4, -0.2) is 21.5 Å². The largest absolute Gasteiger partial charge is 0.493 e. The lowest BCUT2D eigenvalue weighted by molar-refractivity contribution is 0.199. The molecule has 2 heterocycles. The summed E-state index contributed by atoms with van der Waals surface area (Å²) in [5, 5.41) is 13.7. The number of aliphatic hydroxyl groups excluding tert-OH is 1. The molecule has 19 heavy (non-hydrogen) atoms. The molecule has 3 rings (SSSR count). The average molecular weight is 258 g/mol. The number of benzene rings is 1. The van der Waals surface area contributed by atoms with Crippen molar-refractivity contribution in [3.05, 3.63) is 47.3 Å². The Kier molecular flexibility index (Phi) is 3.25. The van der Waals surface area contributed by atoms with Crippen LogP contribution in [0.1, 0.15) is 29.7 Å². The lowest BCUT2D eigenvalue weighted by atomic mass is 10.1. The maximum absolute atomic E-state index is 9.46. The Hall–Kier alpha value is -1.81. The van der Waals surface area contributed by atoms with E-state index in [0.29, 0.717) is 0 Å². The lowest BCUT2D eigenvalue weighted by Gasteiger charge is -2.05. The summed E-state index contributed by atoms with van der Waals surface area (Å²) < 4.78 is 7.38. The molecule has 4 nitrogen and oxygen atoms in total. The van der Waals surface area contributed by atoms with Crippen LogP contribution in [0, 0.1) is 0 Å². The SMILES string of the molecule is CC(O)c1cnn(CCc2ccc3c(c2)CCO3)c1. The van der Waals surface area contributed by atoms with E-state index in [2.05, 4.69) is 23.3 Å². The topological polar surface area (TPSA) is 47.3 Å². The molecule has 1 N–H and O–H groups in total. The minimum absolute atomic E-state index is 0.453. The summed E-state index contributed by atoms with van der Waals surface area (Å²) in [6, 6.07) is 6.40. The van der Waals surface area contributed by atoms with Gasteiger partial charge in [0.1, 0.15) is 5.75 Å². The van der Waals surface area contributed by atoms with Crippen LogP contribution in [-0.2, 0) is 19.4 Å². The summed E-state index contributed by atoms with van der Waals surface area (Å²) in [5.74, 6) is 1.03. The fraction of sp³-hybridized carbons (Fsp3) is 0.400. The third-order valence-electron chi connectivity index (χ3n) is 3.52. The number of nitrogens with zero attached hydrogens (tertiary/aromatic N) is 2. The first kappa shape index (κ1) is 12.2. The van der Waals surface area contributed by atoms with Gasteiger partial charge in [-0.05, 0) is 30.5 Å². The van der Waals surface area contributed by atoms with Crippen LogP contribution in [0.15, 0.2) is 30.6 Å². The van der Waals surface area contributed by atoms with Crippen molar-refractivity contribution in [2.45, 2.75) is 32.4 Å². The molecule has 1 atom stereocenters. The molecule has 0 radical (unpaired) electrons. The van der Waals surface area contributed by atoms with Gasteiger partial charge in [0.25, 0.3) is 0 Å². The minimum Gasteiger partial charge on any atom is -0.493 e. The highest BCUT2D eigenvalue weighted by Gasteiger charge is 2.12. The number of fused-ring (bicyclic) bond motifs is 1. The molecule has 1 unspecified atom stereocenters. The molecule has 100 valence electrons. The molecule has 1 aromatic heterocycles. The second-order valence-electron chi connectivity index (χ2n) is 5.00. The van der Waals surface area contributed by atoms with E-state index in [1.165, 1.54) is 11.1 Å². The van der Waals surface area contributed by atoms with Crippen molar-refractivity contribution in [3.63, 3.8) is 0 Å². The maximum Gasteiger partial charge on any atom is 0.122 e. The number of rotatable bonds is 4. The third-order valence-corrected chi connectivity index (χ3v) is 3.52. The van der Waals surface area contributed by atoms with E-state index in [0.717, 1.165) is 37.3 Å². The van der Waals surface area contributed by atoms with E-state index in [1.807, 2.05) is 10.9 Å². The van der Waals surface area contributed by atoms with Gasteiger partial charge in [-0.1, -0.05) is 12.1 Å². The molecular formula is C15H18N2O2. The van der Waals surface area contributed by atoms with Crippen molar-refractivity contribution in [3.8, 4) is 5.75 Å². The Morgan fingerprint density at radius 3 is 3.16 bits per heavy atom. The molecule has 0 aliphatic carbocycles. The van der Waals surface area contributed by atoms with Crippen molar-refractivity contribution >= 4 is 0 Å². The van der Waals surface area contributed by atoms with E-state index in [4.69, 9.17) is 4.74 Å². The molecule has 1 aliphatic rings. The van der Waals surface area contributed by atoms with Crippen LogP contribution >= 0.6 is 0 Å². The van der Waals surface area contributed by atoms with Gasteiger partial charge >= 0.3 is 0 Å². The van der Waals surface area contributed by atoms with Crippen molar-refractivity contribution in [2.75, 3.05) is 6.61 Å². The van der Waals surface area contributed by atoms with Gasteiger partial charge in [-0.3, -0.25) is 4.68 Å². The van der Waals surface area contributed by atoms with Crippen molar-refractivity contribution < 1.29 is 9.84 Å². The fourth-order valence-electron chi connectivity index (χ4n) is 2.36. The zero-order chi connectivity index (χ0) is 13.2. The third kappa shape index (κ3) is 2.63. The number of aromatic nitrogens is 2. The summed E-state index contributed by atoms with van der Waals surface area (Å²) in [6.07, 6.45) is 5.12. The normalized spacial score (nSPS) is 15.1. The monoisotopic (exact) mass is 258 g/mol. The first-order chi connectivity index (χ1) is 9.22. The van der Waals surface area contributed by atoms with Gasteiger partial charge < -0.3 is 9.84 Å². The number of hydrogen-bond acceptors (Lipinski definition) is 3. The second-order valence-corrected chi connectivity index (χ2v) is 5.00. The van der Waals surface area contributed by atoms with Gasteiger partial charge in [-0.15, -0.1) is 0 Å². The quantitative estimate of drug-likeness (QED) is 0.913. The number of hydrogen-bond donors (Lipinski definition) is 1. The molecule has 0 saturated heterocycles. The highest BCUT2D eigenvalue weighted by Crippen LogP contribution is 2.26. The van der Waals surface area contributed by atoms with Crippen LogP contribution in [0.5, 0.6) is 5.75 Å². The highest BCUT2D eigenvalue weighted by atomic mass is 16.5. The zero-order valence-electron chi connectivity index (χ0n) is 11.0. The van der Waals surface area contributed by atoms with Crippen molar-refractivity contribution in [1.82, 2.24) is 9.78 Å². The summed E-state index contributed by atoms with van der Waals surface area (Å²) >= 11 is 0. The van der Waals surface area contributed by atoms with Gasteiger partial charge in [-0.25, -0.2) is 0 Å². The Morgan fingerprint density at radius 2 is 2.37 bits per heavy atom. The van der Waals surface area contributed by atoms with Gasteiger partial charge in [0.2, 0.25) is 0 Å². The maximum atomic E-state index is 9.46. The average Bonchev–Trinajstić information content (AvgIpc) is 3.04. The minimum atomic E-state index is -0.453. The van der Waals surface area contributed by atoms with Gasteiger partial charge in [0, 0.05) is 24.7 Å². The van der Waals surface area contributed by atoms with E-state index in [9.17, 15) is 5.11 Å². The van der Waals surface area contributed by atoms with E-state index >= 15 is 0 Å². The summed E-state index contributed by atoms with van der Waals surface area (Å²) in [7, 11) is 0. The van der Waals surface area contributed by atoms with Crippen molar-refractivity contribution in [1.29, 1.82) is 0 Å². The van der Waals surface area contributed by atoms with E-state index in [1.54, 1.807) is 13.1 Å². The fourth-order valence-corrected chi connectivity index (χ4v) is 2.36. The first-order valence-electron chi connectivity index (χ1n) is 6.67. The molecular weight excluding hydrogens is 240 g/mol. The zero-order valence-corrected chi connectivity index (χ0v) is 11.0. The smallest absolute Gasteiger partial charge is 0.122 e. The Labute approximate surface area is 112 Å². The lowest BCUT2D eigenvalue weighted by Crippen LogP contribution is -2.02.